The highest BCUT2D eigenvalue weighted by Gasteiger charge is 2.34. The predicted molar refractivity (Wildman–Crippen MR) is 89.3 cm³/mol. The Morgan fingerprint density at radius 3 is 2.83 bits per heavy atom. The fourth-order valence-corrected chi connectivity index (χ4v) is 4.02. The normalized spacial score (nSPS) is 21.3. The van der Waals surface area contributed by atoms with Crippen molar-refractivity contribution in [3.63, 3.8) is 0 Å². The van der Waals surface area contributed by atoms with Crippen LogP contribution in [-0.4, -0.2) is 54.7 Å². The van der Waals surface area contributed by atoms with Gasteiger partial charge >= 0.3 is 5.97 Å². The van der Waals surface area contributed by atoms with Gasteiger partial charge in [-0.1, -0.05) is 13.3 Å². The molecule has 0 bridgehead atoms. The van der Waals surface area contributed by atoms with E-state index >= 15 is 0 Å². The van der Waals surface area contributed by atoms with E-state index in [4.69, 9.17) is 9.84 Å². The number of carboxylic acid groups (broad SMARTS) is 1. The van der Waals surface area contributed by atoms with Crippen LogP contribution in [0.4, 0.5) is 0 Å². The van der Waals surface area contributed by atoms with Crippen LogP contribution in [-0.2, 0) is 4.79 Å². The molecule has 7 heteroatoms. The first-order chi connectivity index (χ1) is 10.9. The Morgan fingerprint density at radius 2 is 2.22 bits per heavy atom. The van der Waals surface area contributed by atoms with Crippen molar-refractivity contribution in [3.8, 4) is 5.75 Å². The van der Waals surface area contributed by atoms with E-state index in [-0.39, 0.29) is 24.4 Å². The van der Waals surface area contributed by atoms with Gasteiger partial charge in [0.25, 0.3) is 5.91 Å². The number of thiophene rings is 1. The molecule has 2 atom stereocenters. The van der Waals surface area contributed by atoms with Crippen LogP contribution in [0, 0.1) is 12.8 Å². The molecular weight excluding hydrogens is 316 g/mol. The van der Waals surface area contributed by atoms with Gasteiger partial charge in [-0.15, -0.1) is 11.3 Å². The van der Waals surface area contributed by atoms with Crippen LogP contribution < -0.4 is 10.1 Å². The largest absolute Gasteiger partial charge is 0.495 e. The van der Waals surface area contributed by atoms with Crippen LogP contribution in [0.3, 0.4) is 0 Å². The Labute approximate surface area is 140 Å². The molecule has 0 aromatic carbocycles. The third kappa shape index (κ3) is 4.45. The first-order valence-electron chi connectivity index (χ1n) is 7.84. The number of nitrogens with zero attached hydrogens (tertiary/aromatic N) is 1. The number of carboxylic acids is 1. The quantitative estimate of drug-likeness (QED) is 0.793. The van der Waals surface area contributed by atoms with Gasteiger partial charge in [-0.2, -0.15) is 0 Å². The molecule has 23 heavy (non-hydrogen) atoms. The van der Waals surface area contributed by atoms with E-state index in [9.17, 15) is 9.59 Å². The molecule has 1 aliphatic heterocycles. The van der Waals surface area contributed by atoms with Crippen molar-refractivity contribution in [1.29, 1.82) is 0 Å². The molecule has 0 radical (unpaired) electrons. The molecule has 1 fully saturated rings. The van der Waals surface area contributed by atoms with Crippen molar-refractivity contribution in [3.05, 3.63) is 15.8 Å². The number of methoxy groups -OCH3 is 1. The van der Waals surface area contributed by atoms with E-state index in [1.807, 2.05) is 17.9 Å². The van der Waals surface area contributed by atoms with Crippen molar-refractivity contribution < 1.29 is 19.4 Å². The van der Waals surface area contributed by atoms with E-state index in [0.717, 1.165) is 17.7 Å². The summed E-state index contributed by atoms with van der Waals surface area (Å²) in [5.74, 6) is -0.0845. The number of likely N-dealkylation sites (tertiary alicyclic amines) is 1. The summed E-state index contributed by atoms with van der Waals surface area (Å²) in [5.41, 5.74) is 0. The molecule has 0 aliphatic carbocycles. The highest BCUT2D eigenvalue weighted by molar-refractivity contribution is 7.14. The fourth-order valence-electron chi connectivity index (χ4n) is 3.14. The highest BCUT2D eigenvalue weighted by Crippen LogP contribution is 2.29. The van der Waals surface area contributed by atoms with Gasteiger partial charge in [-0.3, -0.25) is 14.5 Å². The molecule has 128 valence electrons. The molecule has 6 nitrogen and oxygen atoms in total. The number of carbonyl (C=O) groups is 2. The van der Waals surface area contributed by atoms with Crippen LogP contribution in [0.5, 0.6) is 5.75 Å². The first-order valence-corrected chi connectivity index (χ1v) is 8.65. The van der Waals surface area contributed by atoms with Crippen LogP contribution in [0.2, 0.25) is 0 Å². The van der Waals surface area contributed by atoms with E-state index in [0.29, 0.717) is 23.7 Å². The van der Waals surface area contributed by atoms with Gasteiger partial charge in [0.05, 0.1) is 13.7 Å². The Bertz CT molecular complexity index is 572. The maximum Gasteiger partial charge on any atom is 0.317 e. The monoisotopic (exact) mass is 340 g/mol. The molecule has 2 heterocycles. The molecule has 1 aromatic rings. The molecule has 0 unspecified atom stereocenters. The van der Waals surface area contributed by atoms with Gasteiger partial charge in [0, 0.05) is 24.0 Å². The zero-order chi connectivity index (χ0) is 17.0. The number of aliphatic carboxylic acids is 1. The Kier molecular flexibility index (Phi) is 6.01. The lowest BCUT2D eigenvalue weighted by atomic mass is 9.98. The molecule has 0 spiro atoms. The standard InChI is InChI=1S/C16H24N2O4S/c1-4-5-11-7-18(9-14(19)20)8-12(11)17-16(21)15-13(22-3)6-10(2)23-15/h6,11-12H,4-5,7-9H2,1-3H3,(H,17,21)(H,19,20)/t11-,12-/m0/s1. The Morgan fingerprint density at radius 1 is 1.48 bits per heavy atom. The van der Waals surface area contributed by atoms with E-state index < -0.39 is 5.97 Å². The first kappa shape index (κ1) is 17.7. The van der Waals surface area contributed by atoms with Crippen molar-refractivity contribution in [1.82, 2.24) is 10.2 Å². The third-order valence-corrected chi connectivity index (χ3v) is 5.13. The van der Waals surface area contributed by atoms with Crippen molar-refractivity contribution in [2.45, 2.75) is 32.7 Å². The summed E-state index contributed by atoms with van der Waals surface area (Å²) >= 11 is 1.41. The number of hydrogen-bond donors (Lipinski definition) is 2. The minimum Gasteiger partial charge on any atom is -0.495 e. The van der Waals surface area contributed by atoms with Gasteiger partial charge in [-0.05, 0) is 25.3 Å². The summed E-state index contributed by atoms with van der Waals surface area (Å²) in [5, 5.41) is 12.0. The third-order valence-electron chi connectivity index (χ3n) is 4.10. The predicted octanol–water partition coefficient (Wildman–Crippen LogP) is 1.98. The van der Waals surface area contributed by atoms with Crippen LogP contribution >= 0.6 is 11.3 Å². The zero-order valence-corrected chi connectivity index (χ0v) is 14.6. The molecule has 1 aliphatic rings. The van der Waals surface area contributed by atoms with Gasteiger partial charge < -0.3 is 15.2 Å². The van der Waals surface area contributed by atoms with E-state index in [1.165, 1.54) is 11.3 Å². The maximum absolute atomic E-state index is 12.6. The van der Waals surface area contributed by atoms with Crippen molar-refractivity contribution in [2.75, 3.05) is 26.7 Å². The van der Waals surface area contributed by atoms with Gasteiger partial charge in [0.2, 0.25) is 0 Å². The second-order valence-electron chi connectivity index (χ2n) is 5.97. The highest BCUT2D eigenvalue weighted by atomic mass is 32.1. The minimum absolute atomic E-state index is 0.0195. The van der Waals surface area contributed by atoms with Gasteiger partial charge in [0.1, 0.15) is 10.6 Å². The summed E-state index contributed by atoms with van der Waals surface area (Å²) in [4.78, 5) is 27.0. The summed E-state index contributed by atoms with van der Waals surface area (Å²) < 4.78 is 5.26. The van der Waals surface area contributed by atoms with Gasteiger partial charge in [0.15, 0.2) is 0 Å². The summed E-state index contributed by atoms with van der Waals surface area (Å²) in [7, 11) is 1.56. The summed E-state index contributed by atoms with van der Waals surface area (Å²) in [6, 6.07) is 1.84. The van der Waals surface area contributed by atoms with Crippen molar-refractivity contribution in [2.24, 2.45) is 5.92 Å². The number of ether oxygens (including phenoxy) is 1. The lowest BCUT2D eigenvalue weighted by Crippen LogP contribution is -2.40. The lowest BCUT2D eigenvalue weighted by molar-refractivity contribution is -0.138. The van der Waals surface area contributed by atoms with Gasteiger partial charge in [-0.25, -0.2) is 0 Å². The average Bonchev–Trinajstić information content (AvgIpc) is 3.02. The Hall–Kier alpha value is -1.60. The number of amides is 1. The number of aryl methyl sites for hydroxylation is 1. The average molecular weight is 340 g/mol. The zero-order valence-electron chi connectivity index (χ0n) is 13.8. The topological polar surface area (TPSA) is 78.9 Å². The van der Waals surface area contributed by atoms with E-state index in [1.54, 1.807) is 7.11 Å². The number of rotatable bonds is 7. The molecule has 1 amide bonds. The van der Waals surface area contributed by atoms with Crippen LogP contribution in [0.1, 0.15) is 34.3 Å². The molecule has 1 aromatic heterocycles. The Balaban J connectivity index is 2.06. The second-order valence-corrected chi connectivity index (χ2v) is 7.23. The number of carbonyl (C=O) groups excluding carboxylic acids is 1. The molecular formula is C16H24N2O4S. The van der Waals surface area contributed by atoms with Crippen molar-refractivity contribution >= 4 is 23.2 Å². The maximum atomic E-state index is 12.6. The van der Waals surface area contributed by atoms with Crippen LogP contribution in [0.25, 0.3) is 0 Å². The number of hydrogen-bond acceptors (Lipinski definition) is 5. The lowest BCUT2D eigenvalue weighted by Gasteiger charge is -2.19. The van der Waals surface area contributed by atoms with E-state index in [2.05, 4.69) is 12.2 Å². The molecule has 2 rings (SSSR count). The summed E-state index contributed by atoms with van der Waals surface area (Å²) in [6.45, 7) is 5.35. The molecule has 2 N–H and O–H groups in total. The summed E-state index contributed by atoms with van der Waals surface area (Å²) in [6.07, 6.45) is 1.99. The second kappa shape index (κ2) is 7.79. The fraction of sp³-hybridized carbons (Fsp3) is 0.625. The smallest absolute Gasteiger partial charge is 0.317 e. The van der Waals surface area contributed by atoms with Crippen LogP contribution in [0.15, 0.2) is 6.07 Å². The molecule has 0 saturated carbocycles. The SMILES string of the molecule is CCC[C@H]1CN(CC(=O)O)C[C@@H]1NC(=O)c1sc(C)cc1OC. The number of nitrogens with one attached hydrogen (secondary N) is 1. The minimum atomic E-state index is -0.831. The molecule has 1 saturated heterocycles.